The second kappa shape index (κ2) is 8.34. The molecule has 0 saturated carbocycles. The summed E-state index contributed by atoms with van der Waals surface area (Å²) in [5.74, 6) is 1.40. The highest BCUT2D eigenvalue weighted by Crippen LogP contribution is 2.14. The van der Waals surface area contributed by atoms with Crippen LogP contribution in [0.3, 0.4) is 0 Å². The number of para-hydroxylation sites is 1. The predicted molar refractivity (Wildman–Crippen MR) is 89.4 cm³/mol. The van der Waals surface area contributed by atoms with Crippen molar-refractivity contribution in [3.63, 3.8) is 0 Å². The van der Waals surface area contributed by atoms with Crippen LogP contribution in [0.5, 0.6) is 5.75 Å². The van der Waals surface area contributed by atoms with Crippen molar-refractivity contribution >= 4 is 22.4 Å². The summed E-state index contributed by atoms with van der Waals surface area (Å²) in [6.07, 6.45) is 0.242. The zero-order valence-electron chi connectivity index (χ0n) is 12.5. The zero-order valence-corrected chi connectivity index (χ0v) is 13.3. The second-order valence-electron chi connectivity index (χ2n) is 4.80. The molecule has 0 saturated heterocycles. The highest BCUT2D eigenvalue weighted by atomic mass is 32.2. The highest BCUT2D eigenvalue weighted by molar-refractivity contribution is 7.84. The normalized spacial score (nSPS) is 11.7. The number of hydrogen-bond acceptors (Lipinski definition) is 3. The zero-order chi connectivity index (χ0) is 15.8. The number of nitrogens with one attached hydrogen (secondary N) is 1. The minimum atomic E-state index is -1.08. The van der Waals surface area contributed by atoms with Crippen molar-refractivity contribution in [2.45, 2.75) is 12.2 Å². The van der Waals surface area contributed by atoms with Crippen LogP contribution in [0.15, 0.2) is 54.6 Å². The lowest BCUT2D eigenvalue weighted by Crippen LogP contribution is -2.15. The SMILES string of the molecule is COc1cccc(CS(=O)CCC(=O)Nc2ccccc2)c1. The molecule has 0 aliphatic rings. The molecule has 4 nitrogen and oxygen atoms in total. The van der Waals surface area contributed by atoms with Gasteiger partial charge in [0.05, 0.1) is 7.11 Å². The molecule has 2 aromatic carbocycles. The molecule has 0 aliphatic heterocycles. The summed E-state index contributed by atoms with van der Waals surface area (Å²) in [5, 5.41) is 2.79. The first-order chi connectivity index (χ1) is 10.7. The van der Waals surface area contributed by atoms with Gasteiger partial charge in [0.1, 0.15) is 5.75 Å². The average Bonchev–Trinajstić information content (AvgIpc) is 2.54. The molecule has 1 unspecified atom stereocenters. The molecule has 0 fully saturated rings. The molecule has 0 spiro atoms. The van der Waals surface area contributed by atoms with E-state index in [0.29, 0.717) is 11.5 Å². The van der Waals surface area contributed by atoms with Crippen molar-refractivity contribution in [1.29, 1.82) is 0 Å². The molecule has 0 aromatic heterocycles. The van der Waals surface area contributed by atoms with Gasteiger partial charge in [-0.15, -0.1) is 0 Å². The molecule has 0 radical (unpaired) electrons. The molecule has 116 valence electrons. The van der Waals surface area contributed by atoms with Crippen molar-refractivity contribution in [1.82, 2.24) is 0 Å². The first kappa shape index (κ1) is 16.2. The summed E-state index contributed by atoms with van der Waals surface area (Å²) in [7, 11) is 0.525. The molecular weight excluding hydrogens is 298 g/mol. The molecule has 2 rings (SSSR count). The Kier molecular flexibility index (Phi) is 6.15. The van der Waals surface area contributed by atoms with Gasteiger partial charge in [-0.05, 0) is 29.8 Å². The molecule has 0 bridgehead atoms. The predicted octanol–water partition coefficient (Wildman–Crippen LogP) is 2.97. The summed E-state index contributed by atoms with van der Waals surface area (Å²) in [4.78, 5) is 11.8. The van der Waals surface area contributed by atoms with Gasteiger partial charge >= 0.3 is 0 Å². The summed E-state index contributed by atoms with van der Waals surface area (Å²) in [6, 6.07) is 16.7. The lowest BCUT2D eigenvalue weighted by molar-refractivity contribution is -0.115. The number of carbonyl (C=O) groups is 1. The second-order valence-corrected chi connectivity index (χ2v) is 6.38. The van der Waals surface area contributed by atoms with Crippen LogP contribution >= 0.6 is 0 Å². The van der Waals surface area contributed by atoms with E-state index in [1.54, 1.807) is 7.11 Å². The van der Waals surface area contributed by atoms with E-state index in [-0.39, 0.29) is 12.3 Å². The molecule has 0 aliphatic carbocycles. The Morgan fingerprint density at radius 2 is 1.91 bits per heavy atom. The molecule has 1 N–H and O–H groups in total. The van der Waals surface area contributed by atoms with E-state index in [2.05, 4.69) is 5.32 Å². The lowest BCUT2D eigenvalue weighted by Gasteiger charge is -2.06. The number of ether oxygens (including phenoxy) is 1. The first-order valence-electron chi connectivity index (χ1n) is 7.00. The summed E-state index contributed by atoms with van der Waals surface area (Å²) in [6.45, 7) is 0. The Balaban J connectivity index is 1.78. The van der Waals surface area contributed by atoms with Crippen LogP contribution in [-0.4, -0.2) is 23.0 Å². The maximum absolute atomic E-state index is 12.1. The molecular formula is C17H19NO3S. The van der Waals surface area contributed by atoms with Crippen LogP contribution in [0.25, 0.3) is 0 Å². The van der Waals surface area contributed by atoms with E-state index in [1.165, 1.54) is 0 Å². The van der Waals surface area contributed by atoms with Crippen LogP contribution in [-0.2, 0) is 21.3 Å². The molecule has 0 heterocycles. The van der Waals surface area contributed by atoms with Crippen molar-refractivity contribution in [2.24, 2.45) is 0 Å². The molecule has 1 atom stereocenters. The maximum Gasteiger partial charge on any atom is 0.225 e. The quantitative estimate of drug-likeness (QED) is 0.854. The van der Waals surface area contributed by atoms with Gasteiger partial charge in [0.2, 0.25) is 5.91 Å². The van der Waals surface area contributed by atoms with Crippen molar-refractivity contribution < 1.29 is 13.7 Å². The third kappa shape index (κ3) is 5.33. The van der Waals surface area contributed by atoms with Gasteiger partial charge in [-0.25, -0.2) is 0 Å². The summed E-state index contributed by atoms with van der Waals surface area (Å²) >= 11 is 0. The Labute approximate surface area is 133 Å². The number of benzene rings is 2. The molecule has 22 heavy (non-hydrogen) atoms. The molecule has 2 aromatic rings. The van der Waals surface area contributed by atoms with Gasteiger partial charge in [0, 0.05) is 34.4 Å². The number of anilines is 1. The molecule has 5 heteroatoms. The van der Waals surface area contributed by atoms with Crippen LogP contribution in [0.2, 0.25) is 0 Å². The maximum atomic E-state index is 12.1. The van der Waals surface area contributed by atoms with Crippen LogP contribution in [0.4, 0.5) is 5.69 Å². The van der Waals surface area contributed by atoms with Gasteiger partial charge in [-0.3, -0.25) is 9.00 Å². The number of methoxy groups -OCH3 is 1. The number of amides is 1. The molecule has 1 amide bonds. The van der Waals surface area contributed by atoms with E-state index in [4.69, 9.17) is 4.74 Å². The minimum Gasteiger partial charge on any atom is -0.497 e. The monoisotopic (exact) mass is 317 g/mol. The van der Waals surface area contributed by atoms with Gasteiger partial charge in [-0.2, -0.15) is 0 Å². The van der Waals surface area contributed by atoms with Crippen LogP contribution < -0.4 is 10.1 Å². The Morgan fingerprint density at radius 3 is 2.64 bits per heavy atom. The Morgan fingerprint density at radius 1 is 1.14 bits per heavy atom. The van der Waals surface area contributed by atoms with Crippen molar-refractivity contribution in [3.8, 4) is 5.75 Å². The smallest absolute Gasteiger partial charge is 0.225 e. The fourth-order valence-electron chi connectivity index (χ4n) is 1.97. The topological polar surface area (TPSA) is 55.4 Å². The average molecular weight is 317 g/mol. The van der Waals surface area contributed by atoms with Gasteiger partial charge in [-0.1, -0.05) is 30.3 Å². The minimum absolute atomic E-state index is 0.120. The van der Waals surface area contributed by atoms with E-state index in [9.17, 15) is 9.00 Å². The summed E-state index contributed by atoms with van der Waals surface area (Å²) < 4.78 is 17.2. The van der Waals surface area contributed by atoms with E-state index in [1.807, 2.05) is 54.6 Å². The van der Waals surface area contributed by atoms with Crippen LogP contribution in [0, 0.1) is 0 Å². The number of carbonyl (C=O) groups excluding carboxylic acids is 1. The first-order valence-corrected chi connectivity index (χ1v) is 8.49. The fourth-order valence-corrected chi connectivity index (χ4v) is 3.08. The fraction of sp³-hybridized carbons (Fsp3) is 0.235. The third-order valence-electron chi connectivity index (χ3n) is 3.08. The number of rotatable bonds is 7. The highest BCUT2D eigenvalue weighted by Gasteiger charge is 2.07. The Bertz CT molecular complexity index is 643. The van der Waals surface area contributed by atoms with E-state index in [0.717, 1.165) is 17.0 Å². The van der Waals surface area contributed by atoms with Gasteiger partial charge in [0.25, 0.3) is 0 Å². The van der Waals surface area contributed by atoms with Crippen molar-refractivity contribution in [3.05, 3.63) is 60.2 Å². The van der Waals surface area contributed by atoms with Crippen LogP contribution in [0.1, 0.15) is 12.0 Å². The van der Waals surface area contributed by atoms with E-state index < -0.39 is 10.8 Å². The Hall–Kier alpha value is -2.14. The summed E-state index contributed by atoms with van der Waals surface area (Å²) in [5.41, 5.74) is 1.70. The van der Waals surface area contributed by atoms with Gasteiger partial charge < -0.3 is 10.1 Å². The largest absolute Gasteiger partial charge is 0.497 e. The lowest BCUT2D eigenvalue weighted by atomic mass is 10.2. The number of hydrogen-bond donors (Lipinski definition) is 1. The standard InChI is InChI=1S/C17H19NO3S/c1-21-16-9-5-6-14(12-16)13-22(20)11-10-17(19)18-15-7-3-2-4-8-15/h2-9,12H,10-11,13H2,1H3,(H,18,19). The van der Waals surface area contributed by atoms with E-state index >= 15 is 0 Å². The van der Waals surface area contributed by atoms with Crippen molar-refractivity contribution in [2.75, 3.05) is 18.2 Å². The van der Waals surface area contributed by atoms with Gasteiger partial charge in [0.15, 0.2) is 0 Å². The third-order valence-corrected chi connectivity index (χ3v) is 4.39.